The van der Waals surface area contributed by atoms with Crippen molar-refractivity contribution < 1.29 is 17.0 Å². The van der Waals surface area contributed by atoms with Crippen LogP contribution in [0.3, 0.4) is 0 Å². The Morgan fingerprint density at radius 1 is 1.11 bits per heavy atom. The van der Waals surface area contributed by atoms with E-state index in [0.29, 0.717) is 0 Å². The molecule has 18 heavy (non-hydrogen) atoms. The molecule has 88 valence electrons. The quantitative estimate of drug-likeness (QED) is 0.542. The molecule has 0 fully saturated rings. The Labute approximate surface area is 135 Å². The van der Waals surface area contributed by atoms with Crippen molar-refractivity contribution in [1.29, 1.82) is 0 Å². The van der Waals surface area contributed by atoms with Crippen LogP contribution in [-0.4, -0.2) is 29.6 Å². The average Bonchev–Trinajstić information content (AvgIpc) is 2.74. The van der Waals surface area contributed by atoms with E-state index in [9.17, 15) is 0 Å². The summed E-state index contributed by atoms with van der Waals surface area (Å²) in [6, 6.07) is 20.1. The number of fused-ring (bicyclic) bond motifs is 1. The maximum absolute atomic E-state index is 3.15. The zero-order chi connectivity index (χ0) is 10.8. The van der Waals surface area contributed by atoms with Gasteiger partial charge in [-0.05, 0) is 5.56 Å². The summed E-state index contributed by atoms with van der Waals surface area (Å²) in [7, 11) is 0. The van der Waals surface area contributed by atoms with Crippen molar-refractivity contribution in [2.24, 2.45) is 0 Å². The van der Waals surface area contributed by atoms with Gasteiger partial charge in [0, 0.05) is 13.1 Å². The van der Waals surface area contributed by atoms with Crippen molar-refractivity contribution in [3.63, 3.8) is 0 Å². The van der Waals surface area contributed by atoms with Gasteiger partial charge in [-0.15, -0.1) is 11.6 Å². The second kappa shape index (κ2) is 7.17. The summed E-state index contributed by atoms with van der Waals surface area (Å²) < 4.78 is 0. The van der Waals surface area contributed by atoms with Crippen LogP contribution in [0.1, 0.15) is 11.1 Å². The van der Waals surface area contributed by atoms with Crippen LogP contribution in [0.2, 0.25) is 0 Å². The molecule has 2 aromatic rings. The van der Waals surface area contributed by atoms with Gasteiger partial charge < -0.3 is 21.9 Å². The number of benzene rings is 2. The molecule has 2 aromatic carbocycles. The maximum atomic E-state index is 3.15. The summed E-state index contributed by atoms with van der Waals surface area (Å²) in [5.41, 5.74) is 4.18. The third kappa shape index (κ3) is 3.28. The minimum atomic E-state index is 0. The minimum absolute atomic E-state index is 0. The second-order valence-corrected chi connectivity index (χ2v) is 4.21. The number of halogens is 1. The summed E-state index contributed by atoms with van der Waals surface area (Å²) in [5, 5.41) is 0. The fourth-order valence-electron chi connectivity index (χ4n) is 2.31. The van der Waals surface area contributed by atoms with Gasteiger partial charge in [0.2, 0.25) is 0 Å². The molecule has 0 N–H and O–H groups in total. The second-order valence-electron chi connectivity index (χ2n) is 4.21. The summed E-state index contributed by atoms with van der Waals surface area (Å²) in [5.74, 6) is 0. The molecular formula is C15H14BrMgN. The predicted octanol–water partition coefficient (Wildman–Crippen LogP) is -0.327. The summed E-state index contributed by atoms with van der Waals surface area (Å²) in [6.07, 6.45) is 1.15. The van der Waals surface area contributed by atoms with Gasteiger partial charge in [0.1, 0.15) is 0 Å². The number of hydrogen-bond acceptors (Lipinski definition) is 1. The average molecular weight is 312 g/mol. The summed E-state index contributed by atoms with van der Waals surface area (Å²) in [6.45, 7) is 2.14. The number of rotatable bonds is 2. The zero-order valence-corrected chi connectivity index (χ0v) is 13.3. The third-order valence-corrected chi connectivity index (χ3v) is 3.13. The molecule has 0 saturated heterocycles. The number of nitrogens with zero attached hydrogens (tertiary/aromatic N) is 1. The van der Waals surface area contributed by atoms with Crippen LogP contribution >= 0.6 is 0 Å². The van der Waals surface area contributed by atoms with Gasteiger partial charge in [-0.1, -0.05) is 42.4 Å². The van der Waals surface area contributed by atoms with Crippen molar-refractivity contribution in [2.45, 2.75) is 13.0 Å². The van der Waals surface area contributed by atoms with Crippen molar-refractivity contribution in [3.8, 4) is 0 Å². The van der Waals surface area contributed by atoms with Crippen LogP contribution in [-0.2, 0) is 13.0 Å². The van der Waals surface area contributed by atoms with Gasteiger partial charge in [-0.25, -0.2) is 0 Å². The molecular weight excluding hydrogens is 298 g/mol. The Bertz CT molecular complexity index is 487. The van der Waals surface area contributed by atoms with E-state index in [4.69, 9.17) is 0 Å². The fourth-order valence-corrected chi connectivity index (χ4v) is 2.31. The third-order valence-electron chi connectivity index (χ3n) is 3.13. The van der Waals surface area contributed by atoms with Crippen LogP contribution in [0.15, 0.2) is 48.5 Å². The molecule has 0 unspecified atom stereocenters. The molecule has 0 radical (unpaired) electrons. The van der Waals surface area contributed by atoms with Crippen LogP contribution in [0.25, 0.3) is 0 Å². The van der Waals surface area contributed by atoms with Gasteiger partial charge in [0.15, 0.2) is 0 Å². The Morgan fingerprint density at radius 3 is 2.67 bits per heavy atom. The minimum Gasteiger partial charge on any atom is -1.00 e. The van der Waals surface area contributed by atoms with Crippen molar-refractivity contribution >= 4 is 28.7 Å². The molecule has 1 aliphatic rings. The van der Waals surface area contributed by atoms with Crippen LogP contribution in [0, 0.1) is 6.07 Å². The van der Waals surface area contributed by atoms with Gasteiger partial charge in [-0.2, -0.15) is 18.2 Å². The van der Waals surface area contributed by atoms with E-state index in [-0.39, 0.29) is 40.0 Å². The van der Waals surface area contributed by atoms with Crippen molar-refractivity contribution in [1.82, 2.24) is 0 Å². The Balaban J connectivity index is 0.000000810. The van der Waals surface area contributed by atoms with E-state index < -0.39 is 0 Å². The van der Waals surface area contributed by atoms with Gasteiger partial charge >= 0.3 is 23.1 Å². The maximum Gasteiger partial charge on any atom is 2.00 e. The Hall–Kier alpha value is -0.514. The number of anilines is 1. The van der Waals surface area contributed by atoms with Gasteiger partial charge in [0.05, 0.1) is 0 Å². The normalized spacial score (nSPS) is 12.3. The molecule has 0 amide bonds. The first-order chi connectivity index (χ1) is 7.93. The first-order valence-corrected chi connectivity index (χ1v) is 5.71. The van der Waals surface area contributed by atoms with E-state index in [1.165, 1.54) is 16.8 Å². The SMILES string of the molecule is [Br-].[Mg+2].[c-]1ccc2c(c1)CCN2Cc1ccccc1. The molecule has 0 aromatic heterocycles. The van der Waals surface area contributed by atoms with Crippen LogP contribution in [0.5, 0.6) is 0 Å². The Kier molecular flexibility index (Phi) is 6.19. The Morgan fingerprint density at radius 2 is 1.89 bits per heavy atom. The molecule has 1 heterocycles. The van der Waals surface area contributed by atoms with E-state index >= 15 is 0 Å². The van der Waals surface area contributed by atoms with Crippen molar-refractivity contribution in [3.05, 3.63) is 65.7 Å². The van der Waals surface area contributed by atoms with Gasteiger partial charge in [0.25, 0.3) is 0 Å². The molecule has 1 aliphatic heterocycles. The largest absolute Gasteiger partial charge is 2.00 e. The summed E-state index contributed by atoms with van der Waals surface area (Å²) in [4.78, 5) is 2.44. The topological polar surface area (TPSA) is 3.24 Å². The van der Waals surface area contributed by atoms with E-state index in [1.807, 2.05) is 6.07 Å². The first-order valence-electron chi connectivity index (χ1n) is 5.71. The zero-order valence-electron chi connectivity index (χ0n) is 10.3. The van der Waals surface area contributed by atoms with Gasteiger partial charge in [-0.3, -0.25) is 0 Å². The smallest absolute Gasteiger partial charge is 1.00 e. The molecule has 0 bridgehead atoms. The van der Waals surface area contributed by atoms with Crippen molar-refractivity contribution in [2.75, 3.05) is 11.4 Å². The van der Waals surface area contributed by atoms with Crippen LogP contribution < -0.4 is 21.9 Å². The van der Waals surface area contributed by atoms with E-state index in [1.54, 1.807) is 0 Å². The monoisotopic (exact) mass is 311 g/mol. The van der Waals surface area contributed by atoms with Crippen LogP contribution in [0.4, 0.5) is 5.69 Å². The molecule has 3 rings (SSSR count). The molecule has 0 saturated carbocycles. The molecule has 1 nitrogen and oxygen atoms in total. The van der Waals surface area contributed by atoms with E-state index in [2.05, 4.69) is 53.4 Å². The summed E-state index contributed by atoms with van der Waals surface area (Å²) >= 11 is 0. The predicted molar refractivity (Wildman–Crippen MR) is 72.2 cm³/mol. The molecule has 0 atom stereocenters. The molecule has 0 aliphatic carbocycles. The fraction of sp³-hybridized carbons (Fsp3) is 0.200. The van der Waals surface area contributed by atoms with E-state index in [0.717, 1.165) is 19.5 Å². The molecule has 3 heteroatoms. The first kappa shape index (κ1) is 15.5. The standard InChI is InChI=1S/C15H14N.BrH.Mg/c1-2-6-13(7-3-1)12-16-11-10-14-8-4-5-9-15(14)16;;/h1-3,5-9H,10-12H2;1H;/q-1;;+2/p-1. The number of hydrogen-bond donors (Lipinski definition) is 0. The molecule has 0 spiro atoms.